The highest BCUT2D eigenvalue weighted by Gasteiger charge is 2.12. The average Bonchev–Trinajstić information content (AvgIpc) is 3.09. The number of nitrogens with one attached hydrogen (secondary N) is 1. The van der Waals surface area contributed by atoms with E-state index in [1.54, 1.807) is 24.4 Å². The Bertz CT molecular complexity index is 813. The number of carbonyl (C=O) groups excluding carboxylic acids is 1. The minimum absolute atomic E-state index is 0.205. The molecule has 0 aliphatic carbocycles. The molecule has 0 radical (unpaired) electrons. The molecule has 7 heteroatoms. The van der Waals surface area contributed by atoms with Gasteiger partial charge in [-0.25, -0.2) is 14.6 Å². The number of benzene rings is 1. The number of nitrogens with zero attached hydrogens (tertiary/aromatic N) is 5. The Hall–Kier alpha value is -3.22. The first-order valence-corrected chi connectivity index (χ1v) is 7.04. The zero-order chi connectivity index (χ0) is 16.2. The molecule has 1 amide bonds. The Balaban J connectivity index is 1.88. The second-order valence-corrected chi connectivity index (χ2v) is 5.11. The van der Waals surface area contributed by atoms with Crippen LogP contribution in [0.1, 0.15) is 10.4 Å². The predicted molar refractivity (Wildman–Crippen MR) is 87.9 cm³/mol. The summed E-state index contributed by atoms with van der Waals surface area (Å²) in [7, 11) is 3.86. The molecule has 3 rings (SSSR count). The lowest BCUT2D eigenvalue weighted by Crippen LogP contribution is -2.16. The van der Waals surface area contributed by atoms with Gasteiger partial charge in [-0.15, -0.1) is 0 Å². The van der Waals surface area contributed by atoms with Crippen molar-refractivity contribution in [2.75, 3.05) is 24.3 Å². The fourth-order valence-electron chi connectivity index (χ4n) is 2.11. The normalized spacial score (nSPS) is 10.3. The highest BCUT2D eigenvalue weighted by molar-refractivity contribution is 6.05. The molecule has 7 nitrogen and oxygen atoms in total. The summed E-state index contributed by atoms with van der Waals surface area (Å²) in [6, 6.07) is 10.9. The zero-order valence-electron chi connectivity index (χ0n) is 12.8. The molecular weight excluding hydrogens is 292 g/mol. The molecule has 1 aromatic carbocycles. The van der Waals surface area contributed by atoms with E-state index in [0.717, 1.165) is 5.69 Å². The number of anilines is 2. The Kier molecular flexibility index (Phi) is 4.01. The molecule has 0 spiro atoms. The van der Waals surface area contributed by atoms with E-state index in [1.165, 1.54) is 17.3 Å². The quantitative estimate of drug-likeness (QED) is 0.797. The summed E-state index contributed by atoms with van der Waals surface area (Å²) in [6.07, 6.45) is 4.59. The van der Waals surface area contributed by atoms with Crippen LogP contribution >= 0.6 is 0 Å². The number of carbonyl (C=O) groups is 1. The minimum atomic E-state index is -0.205. The lowest BCUT2D eigenvalue weighted by atomic mass is 10.1. The third kappa shape index (κ3) is 3.18. The summed E-state index contributed by atoms with van der Waals surface area (Å²) in [5.41, 5.74) is 2.10. The van der Waals surface area contributed by atoms with Crippen molar-refractivity contribution in [3.05, 3.63) is 60.8 Å². The van der Waals surface area contributed by atoms with E-state index in [2.05, 4.69) is 20.4 Å². The van der Waals surface area contributed by atoms with Crippen molar-refractivity contribution in [1.29, 1.82) is 0 Å². The number of pyridine rings is 1. The Morgan fingerprint density at radius 3 is 2.83 bits per heavy atom. The molecule has 0 aliphatic rings. The van der Waals surface area contributed by atoms with E-state index in [4.69, 9.17) is 0 Å². The monoisotopic (exact) mass is 308 g/mol. The van der Waals surface area contributed by atoms with Crippen LogP contribution in [0.4, 0.5) is 11.4 Å². The number of hydrogen-bond acceptors (Lipinski definition) is 5. The van der Waals surface area contributed by atoms with Crippen LogP contribution < -0.4 is 10.2 Å². The van der Waals surface area contributed by atoms with Crippen molar-refractivity contribution < 1.29 is 4.79 Å². The molecule has 0 atom stereocenters. The number of aromatic nitrogens is 4. The van der Waals surface area contributed by atoms with Crippen molar-refractivity contribution in [2.45, 2.75) is 0 Å². The maximum absolute atomic E-state index is 12.5. The van der Waals surface area contributed by atoms with E-state index in [0.29, 0.717) is 17.1 Å². The first kappa shape index (κ1) is 14.7. The molecule has 0 bridgehead atoms. The molecule has 3 aromatic rings. The molecule has 0 aliphatic heterocycles. The van der Waals surface area contributed by atoms with E-state index < -0.39 is 0 Å². The van der Waals surface area contributed by atoms with E-state index >= 15 is 0 Å². The van der Waals surface area contributed by atoms with Crippen LogP contribution in [-0.2, 0) is 0 Å². The number of amides is 1. The van der Waals surface area contributed by atoms with Gasteiger partial charge in [0.05, 0.1) is 5.69 Å². The number of hydrogen-bond donors (Lipinski definition) is 1. The van der Waals surface area contributed by atoms with Crippen molar-refractivity contribution in [1.82, 2.24) is 19.7 Å². The average molecular weight is 308 g/mol. The fraction of sp³-hybridized carbons (Fsp3) is 0.125. The van der Waals surface area contributed by atoms with Gasteiger partial charge in [0.1, 0.15) is 12.7 Å². The molecule has 23 heavy (non-hydrogen) atoms. The summed E-state index contributed by atoms with van der Waals surface area (Å²) in [4.78, 5) is 22.6. The van der Waals surface area contributed by atoms with Crippen LogP contribution in [0.2, 0.25) is 0 Å². The molecule has 2 heterocycles. The van der Waals surface area contributed by atoms with Gasteiger partial charge in [-0.1, -0.05) is 6.07 Å². The SMILES string of the molecule is CN(C)c1cccc(C(=O)Nc2cccnc2-n2cncn2)c1. The van der Waals surface area contributed by atoms with Crippen molar-refractivity contribution >= 4 is 17.3 Å². The van der Waals surface area contributed by atoms with Crippen molar-refractivity contribution in [2.24, 2.45) is 0 Å². The molecule has 0 saturated carbocycles. The van der Waals surface area contributed by atoms with Crippen LogP contribution in [0.25, 0.3) is 5.82 Å². The summed E-state index contributed by atoms with van der Waals surface area (Å²) < 4.78 is 1.51. The minimum Gasteiger partial charge on any atom is -0.378 e. The highest BCUT2D eigenvalue weighted by Crippen LogP contribution is 2.18. The Morgan fingerprint density at radius 1 is 1.22 bits per heavy atom. The van der Waals surface area contributed by atoms with Gasteiger partial charge in [-0.3, -0.25) is 4.79 Å². The molecular formula is C16H16N6O. The maximum atomic E-state index is 12.5. The topological polar surface area (TPSA) is 75.9 Å². The molecule has 1 N–H and O–H groups in total. The Labute approximate surface area is 133 Å². The lowest BCUT2D eigenvalue weighted by molar-refractivity contribution is 0.102. The van der Waals surface area contributed by atoms with Gasteiger partial charge in [-0.2, -0.15) is 5.10 Å². The van der Waals surface area contributed by atoms with E-state index in [1.807, 2.05) is 37.2 Å². The lowest BCUT2D eigenvalue weighted by Gasteiger charge is -2.14. The smallest absolute Gasteiger partial charge is 0.255 e. The second-order valence-electron chi connectivity index (χ2n) is 5.11. The van der Waals surface area contributed by atoms with E-state index in [9.17, 15) is 4.79 Å². The van der Waals surface area contributed by atoms with Gasteiger partial charge in [0.15, 0.2) is 5.82 Å². The zero-order valence-corrected chi connectivity index (χ0v) is 12.8. The largest absolute Gasteiger partial charge is 0.378 e. The number of rotatable bonds is 4. The first-order chi connectivity index (χ1) is 11.1. The standard InChI is InChI=1S/C16H16N6O/c1-21(2)13-6-3-5-12(9-13)16(23)20-14-7-4-8-18-15(14)22-11-17-10-19-22/h3-11H,1-2H3,(H,20,23). The van der Waals surface area contributed by atoms with Gasteiger partial charge < -0.3 is 10.2 Å². The van der Waals surface area contributed by atoms with Crippen LogP contribution in [0, 0.1) is 0 Å². The van der Waals surface area contributed by atoms with Gasteiger partial charge in [0.25, 0.3) is 5.91 Å². The summed E-state index contributed by atoms with van der Waals surface area (Å²) in [5.74, 6) is 0.310. The van der Waals surface area contributed by atoms with Gasteiger partial charge in [0.2, 0.25) is 0 Å². The van der Waals surface area contributed by atoms with Crippen LogP contribution in [0.15, 0.2) is 55.2 Å². The van der Waals surface area contributed by atoms with Crippen LogP contribution in [0.5, 0.6) is 0 Å². The summed E-state index contributed by atoms with van der Waals surface area (Å²) in [6.45, 7) is 0. The third-order valence-corrected chi connectivity index (χ3v) is 3.30. The van der Waals surface area contributed by atoms with Gasteiger partial charge >= 0.3 is 0 Å². The van der Waals surface area contributed by atoms with Gasteiger partial charge in [0, 0.05) is 31.5 Å². The van der Waals surface area contributed by atoms with Gasteiger partial charge in [-0.05, 0) is 30.3 Å². The maximum Gasteiger partial charge on any atom is 0.255 e. The second kappa shape index (κ2) is 6.27. The molecule has 0 unspecified atom stereocenters. The summed E-state index contributed by atoms with van der Waals surface area (Å²) >= 11 is 0. The summed E-state index contributed by atoms with van der Waals surface area (Å²) in [5, 5.41) is 6.92. The third-order valence-electron chi connectivity index (χ3n) is 3.30. The van der Waals surface area contributed by atoms with Crippen molar-refractivity contribution in [3.63, 3.8) is 0 Å². The molecule has 0 fully saturated rings. The fourth-order valence-corrected chi connectivity index (χ4v) is 2.11. The molecule has 116 valence electrons. The van der Waals surface area contributed by atoms with Crippen LogP contribution in [0.3, 0.4) is 0 Å². The molecule has 2 aromatic heterocycles. The van der Waals surface area contributed by atoms with E-state index in [-0.39, 0.29) is 5.91 Å². The predicted octanol–water partition coefficient (Wildman–Crippen LogP) is 1.98. The first-order valence-electron chi connectivity index (χ1n) is 7.04. The van der Waals surface area contributed by atoms with Crippen LogP contribution in [-0.4, -0.2) is 39.8 Å². The molecule has 0 saturated heterocycles. The highest BCUT2D eigenvalue weighted by atomic mass is 16.1. The van der Waals surface area contributed by atoms with Crippen molar-refractivity contribution in [3.8, 4) is 5.82 Å². The Morgan fingerprint density at radius 2 is 2.09 bits per heavy atom.